The first-order valence-electron chi connectivity index (χ1n) is 11.2. The Labute approximate surface area is 182 Å². The van der Waals surface area contributed by atoms with Gasteiger partial charge in [-0.15, -0.1) is 0 Å². The third-order valence-electron chi connectivity index (χ3n) is 5.39. The summed E-state index contributed by atoms with van der Waals surface area (Å²) < 4.78 is 0. The number of nitrogens with zero attached hydrogens (tertiary/aromatic N) is 2. The van der Waals surface area contributed by atoms with E-state index >= 15 is 0 Å². The van der Waals surface area contributed by atoms with Gasteiger partial charge in [-0.25, -0.2) is 0 Å². The van der Waals surface area contributed by atoms with Crippen LogP contribution < -0.4 is 5.32 Å². The highest BCUT2D eigenvalue weighted by molar-refractivity contribution is 5.94. The second kappa shape index (κ2) is 13.7. The normalized spacial score (nSPS) is 18.4. The van der Waals surface area contributed by atoms with Crippen LogP contribution in [0.5, 0.6) is 0 Å². The molecule has 1 atom stereocenters. The van der Waals surface area contributed by atoms with Gasteiger partial charge in [0.2, 0.25) is 0 Å². The Morgan fingerprint density at radius 3 is 2.13 bits per heavy atom. The second-order valence-corrected chi connectivity index (χ2v) is 8.05. The monoisotopic (exact) mass is 407 g/mol. The first-order chi connectivity index (χ1) is 14.6. The van der Waals surface area contributed by atoms with Crippen LogP contribution in [0.1, 0.15) is 62.7 Å². The Morgan fingerprint density at radius 2 is 1.63 bits per heavy atom. The number of hydrogen-bond donors (Lipinski definition) is 1. The van der Waals surface area contributed by atoms with E-state index in [1.807, 2.05) is 79.7 Å². The van der Waals surface area contributed by atoms with Crippen molar-refractivity contribution in [2.75, 3.05) is 13.7 Å². The first-order valence-corrected chi connectivity index (χ1v) is 11.2. The Morgan fingerprint density at radius 1 is 1.03 bits per heavy atom. The SMILES string of the molecule is CC1=CCC(C)C=N1.CNCN(C(=O)c1ccccccccc1)C1CCCCC1. The van der Waals surface area contributed by atoms with E-state index in [0.717, 1.165) is 30.5 Å². The van der Waals surface area contributed by atoms with Gasteiger partial charge >= 0.3 is 0 Å². The largest absolute Gasteiger partial charge is 0.323 e. The number of hydrogen-bond acceptors (Lipinski definition) is 3. The van der Waals surface area contributed by atoms with E-state index in [2.05, 4.69) is 23.3 Å². The molecule has 1 aliphatic carbocycles. The summed E-state index contributed by atoms with van der Waals surface area (Å²) in [6, 6.07) is 17.8. The Kier molecular flexibility index (Phi) is 10.9. The lowest BCUT2D eigenvalue weighted by atomic mass is 9.94. The highest BCUT2D eigenvalue weighted by Crippen LogP contribution is 2.23. The summed E-state index contributed by atoms with van der Waals surface area (Å²) in [5.41, 5.74) is 1.89. The molecule has 4 nitrogen and oxygen atoms in total. The third kappa shape index (κ3) is 8.50. The molecule has 0 saturated heterocycles. The zero-order valence-corrected chi connectivity index (χ0v) is 18.8. The maximum Gasteiger partial charge on any atom is 0.255 e. The number of amides is 1. The highest BCUT2D eigenvalue weighted by atomic mass is 16.2. The van der Waals surface area contributed by atoms with Crippen LogP contribution in [0, 0.1) is 5.92 Å². The number of carbonyl (C=O) groups excluding carboxylic acids is 1. The van der Waals surface area contributed by atoms with Gasteiger partial charge in [-0.3, -0.25) is 9.79 Å². The van der Waals surface area contributed by atoms with Crippen molar-refractivity contribution in [3.8, 4) is 0 Å². The van der Waals surface area contributed by atoms with Gasteiger partial charge in [0.05, 0.1) is 6.67 Å². The van der Waals surface area contributed by atoms with Crippen LogP contribution in [-0.4, -0.2) is 36.8 Å². The van der Waals surface area contributed by atoms with Gasteiger partial charge in [0.15, 0.2) is 0 Å². The van der Waals surface area contributed by atoms with E-state index < -0.39 is 0 Å². The predicted octanol–water partition coefficient (Wildman–Crippen LogP) is 5.76. The molecule has 0 spiro atoms. The van der Waals surface area contributed by atoms with Gasteiger partial charge in [-0.05, 0) is 51.3 Å². The molecule has 30 heavy (non-hydrogen) atoms. The summed E-state index contributed by atoms with van der Waals surface area (Å²) in [6.45, 7) is 4.81. The number of rotatable bonds is 4. The van der Waals surface area contributed by atoms with Gasteiger partial charge in [0.25, 0.3) is 5.91 Å². The molecule has 2 aliphatic rings. The zero-order valence-electron chi connectivity index (χ0n) is 18.8. The van der Waals surface area contributed by atoms with Gasteiger partial charge in [-0.1, -0.05) is 74.7 Å². The van der Waals surface area contributed by atoms with Crippen LogP contribution in [0.2, 0.25) is 0 Å². The van der Waals surface area contributed by atoms with Crippen LogP contribution in [-0.2, 0) is 0 Å². The van der Waals surface area contributed by atoms with E-state index in [1.165, 1.54) is 19.3 Å². The third-order valence-corrected chi connectivity index (χ3v) is 5.39. The molecule has 1 N–H and O–H groups in total. The van der Waals surface area contributed by atoms with Crippen molar-refractivity contribution in [2.24, 2.45) is 10.9 Å². The molecule has 1 aromatic carbocycles. The zero-order chi connectivity index (χ0) is 21.6. The van der Waals surface area contributed by atoms with Crippen molar-refractivity contribution in [3.63, 3.8) is 0 Å². The molecule has 1 saturated carbocycles. The van der Waals surface area contributed by atoms with Gasteiger partial charge in [-0.2, -0.15) is 0 Å². The highest BCUT2D eigenvalue weighted by Gasteiger charge is 2.25. The summed E-state index contributed by atoms with van der Waals surface area (Å²) in [4.78, 5) is 19.1. The summed E-state index contributed by atoms with van der Waals surface area (Å²) >= 11 is 0. The van der Waals surface area contributed by atoms with E-state index in [-0.39, 0.29) is 5.91 Å². The Hall–Kier alpha value is -2.46. The molecule has 0 bridgehead atoms. The maximum absolute atomic E-state index is 12.9. The summed E-state index contributed by atoms with van der Waals surface area (Å²) in [5.74, 6) is 0.763. The topological polar surface area (TPSA) is 44.7 Å². The van der Waals surface area contributed by atoms with Crippen molar-refractivity contribution < 1.29 is 4.79 Å². The van der Waals surface area contributed by atoms with E-state index in [9.17, 15) is 4.79 Å². The first kappa shape index (κ1) is 23.8. The van der Waals surface area contributed by atoms with Crippen LogP contribution >= 0.6 is 0 Å². The van der Waals surface area contributed by atoms with Crippen LogP contribution in [0.15, 0.2) is 71.4 Å². The van der Waals surface area contributed by atoms with Crippen molar-refractivity contribution >= 4 is 12.1 Å². The fourth-order valence-corrected chi connectivity index (χ4v) is 3.65. The molecule has 1 amide bonds. The molecule has 1 unspecified atom stereocenters. The number of nitrogens with one attached hydrogen (secondary N) is 1. The van der Waals surface area contributed by atoms with E-state index in [4.69, 9.17) is 0 Å². The van der Waals surface area contributed by atoms with E-state index in [0.29, 0.717) is 18.6 Å². The van der Waals surface area contributed by atoms with E-state index in [1.54, 1.807) is 0 Å². The molecule has 0 radical (unpaired) electrons. The van der Waals surface area contributed by atoms with Crippen molar-refractivity contribution in [1.82, 2.24) is 10.2 Å². The Bertz CT molecular complexity index is 739. The van der Waals surface area contributed by atoms with Crippen LogP contribution in [0.4, 0.5) is 0 Å². The van der Waals surface area contributed by atoms with Crippen molar-refractivity contribution in [2.45, 2.75) is 58.4 Å². The smallest absolute Gasteiger partial charge is 0.255 e. The number of carbonyl (C=O) groups is 1. The molecule has 1 aliphatic heterocycles. The minimum absolute atomic E-state index is 0.111. The van der Waals surface area contributed by atoms with Crippen molar-refractivity contribution in [3.05, 3.63) is 71.9 Å². The quantitative estimate of drug-likeness (QED) is 0.645. The van der Waals surface area contributed by atoms with Gasteiger partial charge in [0, 0.05) is 23.5 Å². The molecule has 4 heteroatoms. The molecule has 0 aromatic heterocycles. The maximum atomic E-state index is 12.9. The summed E-state index contributed by atoms with van der Waals surface area (Å²) in [7, 11) is 1.90. The molecule has 1 aromatic rings. The lowest BCUT2D eigenvalue weighted by molar-refractivity contribution is 0.0619. The van der Waals surface area contributed by atoms with Gasteiger partial charge in [0.1, 0.15) is 0 Å². The van der Waals surface area contributed by atoms with Crippen LogP contribution in [0.3, 0.4) is 0 Å². The predicted molar refractivity (Wildman–Crippen MR) is 127 cm³/mol. The Balaban J connectivity index is 0.000000335. The molecular formula is C26H37N3O. The molecule has 1 heterocycles. The summed E-state index contributed by atoms with van der Waals surface area (Å²) in [6.07, 6.45) is 11.3. The minimum atomic E-state index is 0.111. The average Bonchev–Trinajstić information content (AvgIpc) is 2.78. The minimum Gasteiger partial charge on any atom is -0.323 e. The van der Waals surface area contributed by atoms with Crippen LogP contribution in [0.25, 0.3) is 0 Å². The lowest BCUT2D eigenvalue weighted by Gasteiger charge is -2.34. The average molecular weight is 408 g/mol. The molecule has 3 rings (SSSR count). The fraction of sp³-hybridized carbons (Fsp3) is 0.462. The summed E-state index contributed by atoms with van der Waals surface area (Å²) in [5, 5.41) is 3.15. The molecule has 162 valence electrons. The molecule has 1 fully saturated rings. The number of allylic oxidation sites excluding steroid dienone is 2. The van der Waals surface area contributed by atoms with Crippen molar-refractivity contribution in [1.29, 1.82) is 0 Å². The lowest BCUT2D eigenvalue weighted by Crippen LogP contribution is -2.45. The standard InChI is InChI=1S/C19H26N2O.C7H11N/c1-20-16-21(18-14-10-7-11-15-18)19(22)17-12-8-5-3-2-4-6-9-13-17;1-6-3-4-7(2)8-5-6/h2-6,8-9,12-13,18,20H,7,10-11,14-16H2,1H3;4-6H,3H2,1-2H3. The number of aliphatic imine (C=N–C) groups is 1. The van der Waals surface area contributed by atoms with Gasteiger partial charge < -0.3 is 10.2 Å². The fourth-order valence-electron chi connectivity index (χ4n) is 3.65. The molecular weight excluding hydrogens is 370 g/mol. The second-order valence-electron chi connectivity index (χ2n) is 8.05.